The SMILES string of the molecule is CCOCCNC(=O)NCCCCNC(=O)NCCOC(CN1CC[C@@H](C(=O)NS(=O)(=O)c2cccc(C3CN(C)Cc4c(C)cc(Cl)cc43)c2)C1)N1CC[C@@H](C(=O)NS(=O)(=O)c2cccc(C3CN(C)Cc4c(C)cc(Cl)cc43)c2)C1. The summed E-state index contributed by atoms with van der Waals surface area (Å²) in [6.07, 6.45) is 1.34. The average molecular weight is 1210 g/mol. The van der Waals surface area contributed by atoms with Gasteiger partial charge in [0.25, 0.3) is 20.0 Å². The molecule has 0 radical (unpaired) electrons. The van der Waals surface area contributed by atoms with Crippen LogP contribution in [0.5, 0.6) is 0 Å². The summed E-state index contributed by atoms with van der Waals surface area (Å²) in [7, 11) is -4.51. The molecule has 0 aromatic heterocycles. The molecule has 82 heavy (non-hydrogen) atoms. The van der Waals surface area contributed by atoms with Crippen molar-refractivity contribution < 1.29 is 45.5 Å². The van der Waals surface area contributed by atoms with Crippen LogP contribution in [0.4, 0.5) is 9.59 Å². The number of ether oxygens (including phenoxy) is 2. The van der Waals surface area contributed by atoms with Gasteiger partial charge in [-0.25, -0.2) is 35.9 Å². The molecule has 0 bridgehead atoms. The van der Waals surface area contributed by atoms with Gasteiger partial charge in [0.2, 0.25) is 11.8 Å². The predicted octanol–water partition coefficient (Wildman–Crippen LogP) is 5.48. The number of sulfonamides is 2. The zero-order chi connectivity index (χ0) is 58.7. The van der Waals surface area contributed by atoms with Crippen molar-refractivity contribution in [2.24, 2.45) is 11.8 Å². The van der Waals surface area contributed by atoms with Crippen LogP contribution in [0.3, 0.4) is 0 Å². The molecule has 2 saturated heterocycles. The van der Waals surface area contributed by atoms with Crippen LogP contribution in [0.25, 0.3) is 0 Å². The van der Waals surface area contributed by atoms with Crippen molar-refractivity contribution >= 4 is 67.1 Å². The fourth-order valence-corrected chi connectivity index (χ4v) is 14.3. The number of nitrogens with zero attached hydrogens (tertiary/aromatic N) is 4. The van der Waals surface area contributed by atoms with Gasteiger partial charge in [-0.05, 0) is 160 Å². The van der Waals surface area contributed by atoms with Crippen LogP contribution >= 0.6 is 23.2 Å². The zero-order valence-electron chi connectivity index (χ0n) is 47.4. The normalized spacial score (nSPS) is 20.1. The minimum absolute atomic E-state index is 0.0195. The highest BCUT2D eigenvalue weighted by Gasteiger charge is 2.39. The minimum Gasteiger partial charge on any atom is -0.380 e. The van der Waals surface area contributed by atoms with Gasteiger partial charge in [0, 0.05) is 107 Å². The Hall–Kier alpha value is -5.40. The number of aryl methyl sites for hydroxylation is 2. The van der Waals surface area contributed by atoms with Crippen molar-refractivity contribution in [2.75, 3.05) is 106 Å². The maximum atomic E-state index is 14.0. The third kappa shape index (κ3) is 16.5. The summed E-state index contributed by atoms with van der Waals surface area (Å²) in [5.41, 5.74) is 8.12. The Morgan fingerprint density at radius 2 is 1.10 bits per heavy atom. The molecule has 8 rings (SSSR count). The number of urea groups is 2. The summed E-state index contributed by atoms with van der Waals surface area (Å²) in [6, 6.07) is 20.5. The smallest absolute Gasteiger partial charge is 0.314 e. The number of hydrogen-bond acceptors (Lipinski definition) is 14. The Morgan fingerprint density at radius 3 is 1.61 bits per heavy atom. The quantitative estimate of drug-likeness (QED) is 0.0477. The molecular formula is C58H78Cl2N10O10S2. The number of hydrogen-bond donors (Lipinski definition) is 6. The summed E-state index contributed by atoms with van der Waals surface area (Å²) in [5.74, 6) is -2.93. The summed E-state index contributed by atoms with van der Waals surface area (Å²) >= 11 is 13.0. The number of rotatable bonds is 24. The van der Waals surface area contributed by atoms with E-state index in [9.17, 15) is 36.0 Å². The highest BCUT2D eigenvalue weighted by molar-refractivity contribution is 7.90. The molecule has 0 aliphatic carbocycles. The van der Waals surface area contributed by atoms with Gasteiger partial charge in [-0.1, -0.05) is 47.5 Å². The average Bonchev–Trinajstić information content (AvgIpc) is 4.27. The number of likely N-dealkylation sites (N-methyl/N-ethyl adjacent to an activating group) is 2. The van der Waals surface area contributed by atoms with Crippen LogP contribution in [0.1, 0.15) is 89.0 Å². The van der Waals surface area contributed by atoms with Gasteiger partial charge in [0.05, 0.1) is 34.8 Å². The number of carbonyl (C=O) groups excluding carboxylic acids is 4. The van der Waals surface area contributed by atoms with Gasteiger partial charge in [0.15, 0.2) is 0 Å². The van der Waals surface area contributed by atoms with E-state index in [4.69, 9.17) is 32.7 Å². The molecule has 0 spiro atoms. The van der Waals surface area contributed by atoms with E-state index < -0.39 is 56.0 Å². The molecule has 6 N–H and O–H groups in total. The maximum absolute atomic E-state index is 14.0. The van der Waals surface area contributed by atoms with Gasteiger partial charge in [-0.3, -0.25) is 19.4 Å². The van der Waals surface area contributed by atoms with Crippen molar-refractivity contribution in [3.63, 3.8) is 0 Å². The first kappa shape index (κ1) is 62.6. The Balaban J connectivity index is 0.879. The number of halogens is 2. The van der Waals surface area contributed by atoms with Crippen LogP contribution < -0.4 is 30.7 Å². The Bertz CT molecular complexity index is 3180. The van der Waals surface area contributed by atoms with E-state index in [1.807, 2.05) is 81.1 Å². The third-order valence-corrected chi connectivity index (χ3v) is 18.9. The summed E-state index contributed by atoms with van der Waals surface area (Å²) in [4.78, 5) is 60.7. The lowest BCUT2D eigenvalue weighted by Crippen LogP contribution is -2.47. The van der Waals surface area contributed by atoms with E-state index in [1.54, 1.807) is 24.3 Å². The number of unbranched alkanes of at least 4 members (excludes halogenated alkanes) is 1. The molecule has 4 aliphatic heterocycles. The lowest BCUT2D eigenvalue weighted by atomic mass is 9.83. The lowest BCUT2D eigenvalue weighted by Gasteiger charge is -2.34. The lowest BCUT2D eigenvalue weighted by molar-refractivity contribution is -0.124. The Labute approximate surface area is 492 Å². The van der Waals surface area contributed by atoms with Crippen LogP contribution in [-0.4, -0.2) is 172 Å². The molecule has 4 heterocycles. The molecule has 6 amide bonds. The van der Waals surface area contributed by atoms with Crippen molar-refractivity contribution in [1.29, 1.82) is 0 Å². The molecular weight excluding hydrogens is 1130 g/mol. The fraction of sp³-hybridized carbons (Fsp3) is 0.517. The standard InChI is InChI=1S/C58H78Cl2N10O10S2/c1-6-79-23-19-63-57(73)61-17-7-8-18-62-58(74)64-20-24-80-54(70-22-16-43(32-70)56(72)66-82(77,78)47-14-10-12-41(28-47)53-36-68(5)34-51-39(3)26-45(60)30-49(51)53)37-69-21-15-42(31-69)55(71)65-81(75,76)46-13-9-11-40(27-46)52-35-67(4)33-50-38(2)25-44(59)29-48(50)52/h9-14,25-30,42-43,52-54H,6-8,15-24,31-37H2,1-5H3,(H,65,71)(H,66,72)(H2,61,63,73)(H2,62,64,74)/t42-,43-,52?,53?,54?/m1/s1. The second kappa shape index (κ2) is 28.5. The van der Waals surface area contributed by atoms with Gasteiger partial charge in [0.1, 0.15) is 6.23 Å². The number of likely N-dealkylation sites (tertiary alicyclic amines) is 2. The second-order valence-electron chi connectivity index (χ2n) is 22.0. The largest absolute Gasteiger partial charge is 0.380 e. The van der Waals surface area contributed by atoms with Crippen molar-refractivity contribution in [3.8, 4) is 0 Å². The van der Waals surface area contributed by atoms with Crippen LogP contribution in [-0.2, 0) is 52.2 Å². The minimum atomic E-state index is -4.29. The first-order valence-electron chi connectivity index (χ1n) is 28.1. The number of nitrogens with one attached hydrogen (secondary N) is 6. The molecule has 446 valence electrons. The van der Waals surface area contributed by atoms with Crippen molar-refractivity contribution in [1.82, 2.24) is 50.3 Å². The fourth-order valence-electron chi connectivity index (χ4n) is 11.5. The molecule has 4 aliphatic rings. The third-order valence-electron chi connectivity index (χ3n) is 15.8. The Kier molecular flexibility index (Phi) is 21.7. The molecule has 2 fully saturated rings. The Morgan fingerprint density at radius 1 is 0.622 bits per heavy atom. The summed E-state index contributed by atoms with van der Waals surface area (Å²) in [5, 5.41) is 12.3. The molecule has 0 saturated carbocycles. The maximum Gasteiger partial charge on any atom is 0.314 e. The number of carbonyl (C=O) groups is 4. The summed E-state index contributed by atoms with van der Waals surface area (Å²) in [6.45, 7) is 12.7. The summed E-state index contributed by atoms with van der Waals surface area (Å²) < 4.78 is 72.1. The van der Waals surface area contributed by atoms with Crippen molar-refractivity contribution in [3.05, 3.63) is 127 Å². The van der Waals surface area contributed by atoms with Gasteiger partial charge in [-0.2, -0.15) is 0 Å². The van der Waals surface area contributed by atoms with Crippen molar-refractivity contribution in [2.45, 2.75) is 87.4 Å². The van der Waals surface area contributed by atoms with Crippen LogP contribution in [0.2, 0.25) is 10.0 Å². The van der Waals surface area contributed by atoms with E-state index in [0.717, 1.165) is 57.6 Å². The number of benzene rings is 4. The van der Waals surface area contributed by atoms with Crippen LogP contribution in [0, 0.1) is 25.7 Å². The van der Waals surface area contributed by atoms with Gasteiger partial charge >= 0.3 is 12.1 Å². The van der Waals surface area contributed by atoms with Gasteiger partial charge < -0.3 is 40.5 Å². The first-order chi connectivity index (χ1) is 39.2. The molecule has 3 unspecified atom stereocenters. The monoisotopic (exact) mass is 1210 g/mol. The van der Waals surface area contributed by atoms with Crippen LogP contribution in [0.15, 0.2) is 82.6 Å². The molecule has 4 aromatic rings. The molecule has 5 atom stereocenters. The van der Waals surface area contributed by atoms with E-state index in [-0.39, 0.29) is 60.4 Å². The van der Waals surface area contributed by atoms with E-state index >= 15 is 0 Å². The molecule has 4 aromatic carbocycles. The zero-order valence-corrected chi connectivity index (χ0v) is 50.5. The topological polar surface area (TPSA) is 240 Å². The predicted molar refractivity (Wildman–Crippen MR) is 315 cm³/mol. The van der Waals surface area contributed by atoms with E-state index in [0.29, 0.717) is 94.8 Å². The molecule has 24 heteroatoms. The van der Waals surface area contributed by atoms with E-state index in [1.165, 1.54) is 12.1 Å². The van der Waals surface area contributed by atoms with E-state index in [2.05, 4.69) is 40.5 Å². The van der Waals surface area contributed by atoms with Gasteiger partial charge in [-0.15, -0.1) is 0 Å². The highest BCUT2D eigenvalue weighted by atomic mass is 35.5. The number of fused-ring (bicyclic) bond motifs is 2. The number of amides is 6. The highest BCUT2D eigenvalue weighted by Crippen LogP contribution is 2.39. The second-order valence-corrected chi connectivity index (χ2v) is 26.2. The first-order valence-corrected chi connectivity index (χ1v) is 31.9. The molecule has 20 nitrogen and oxygen atoms in total.